The Kier molecular flexibility index (Phi) is 8.60. The Hall–Kier alpha value is -0.820. The lowest BCUT2D eigenvalue weighted by molar-refractivity contribution is 0.0818. The fraction of sp³-hybridized carbons (Fsp3) is 0.684. The maximum Gasteiger partial charge on any atom is 0.0568 e. The molecule has 20 heavy (non-hydrogen) atoms. The Morgan fingerprint density at radius 2 is 1.75 bits per heavy atom. The lowest BCUT2D eigenvalue weighted by Crippen LogP contribution is -2.21. The lowest BCUT2D eigenvalue weighted by atomic mass is 9.86. The molecule has 114 valence electrons. The van der Waals surface area contributed by atoms with E-state index in [0.717, 1.165) is 19.3 Å². The summed E-state index contributed by atoms with van der Waals surface area (Å²) in [6, 6.07) is 10.7. The minimum absolute atomic E-state index is 0.123. The molecule has 0 bridgehead atoms. The summed E-state index contributed by atoms with van der Waals surface area (Å²) in [6.45, 7) is 6.66. The van der Waals surface area contributed by atoms with Gasteiger partial charge in [0, 0.05) is 0 Å². The van der Waals surface area contributed by atoms with Crippen LogP contribution in [0.15, 0.2) is 30.3 Å². The predicted molar refractivity (Wildman–Crippen MR) is 87.9 cm³/mol. The van der Waals surface area contributed by atoms with Crippen molar-refractivity contribution in [3.63, 3.8) is 0 Å². The number of aliphatic hydroxyl groups excluding tert-OH is 1. The molecule has 0 aliphatic rings. The third-order valence-corrected chi connectivity index (χ3v) is 4.51. The molecule has 0 radical (unpaired) electrons. The van der Waals surface area contributed by atoms with Gasteiger partial charge in [-0.05, 0) is 43.1 Å². The molecule has 0 fully saturated rings. The van der Waals surface area contributed by atoms with E-state index in [1.54, 1.807) is 0 Å². The van der Waals surface area contributed by atoms with Crippen molar-refractivity contribution >= 4 is 0 Å². The van der Waals surface area contributed by atoms with Crippen LogP contribution >= 0.6 is 0 Å². The summed E-state index contributed by atoms with van der Waals surface area (Å²) < 4.78 is 0. The highest BCUT2D eigenvalue weighted by Crippen LogP contribution is 2.23. The first kappa shape index (κ1) is 17.2. The van der Waals surface area contributed by atoms with Crippen molar-refractivity contribution in [2.45, 2.75) is 71.8 Å². The standard InChI is InChI=1S/C19H32O/c1-4-6-10-16(3)19(20)15-17(5-2)13-14-18-11-8-7-9-12-18/h7-9,11-12,16-17,19-20H,4-6,10,13-15H2,1-3H3. The molecule has 0 saturated heterocycles. The third kappa shape index (κ3) is 6.56. The van der Waals surface area contributed by atoms with Gasteiger partial charge in [-0.3, -0.25) is 0 Å². The molecular weight excluding hydrogens is 244 g/mol. The molecule has 1 nitrogen and oxygen atoms in total. The maximum atomic E-state index is 10.3. The SMILES string of the molecule is CCCCC(C)C(O)CC(CC)CCc1ccccc1. The van der Waals surface area contributed by atoms with E-state index in [0.29, 0.717) is 11.8 Å². The lowest BCUT2D eigenvalue weighted by Gasteiger charge is -2.23. The van der Waals surface area contributed by atoms with Crippen LogP contribution in [0.5, 0.6) is 0 Å². The summed E-state index contributed by atoms with van der Waals surface area (Å²) in [6.07, 6.45) is 7.96. The molecule has 0 aliphatic heterocycles. The van der Waals surface area contributed by atoms with Crippen LogP contribution in [0.4, 0.5) is 0 Å². The third-order valence-electron chi connectivity index (χ3n) is 4.51. The number of hydrogen-bond acceptors (Lipinski definition) is 1. The molecule has 1 N–H and O–H groups in total. The minimum Gasteiger partial charge on any atom is -0.393 e. The molecule has 1 aromatic rings. The van der Waals surface area contributed by atoms with Gasteiger partial charge in [0.25, 0.3) is 0 Å². The second kappa shape index (κ2) is 9.99. The molecule has 3 atom stereocenters. The molecule has 1 aromatic carbocycles. The second-order valence-corrected chi connectivity index (χ2v) is 6.22. The molecule has 1 heteroatoms. The van der Waals surface area contributed by atoms with E-state index in [9.17, 15) is 5.11 Å². The summed E-state index contributed by atoms with van der Waals surface area (Å²) in [5.74, 6) is 1.09. The van der Waals surface area contributed by atoms with Gasteiger partial charge in [-0.15, -0.1) is 0 Å². The first-order valence-electron chi connectivity index (χ1n) is 8.39. The van der Waals surface area contributed by atoms with Crippen LogP contribution in [0.3, 0.4) is 0 Å². The number of aliphatic hydroxyl groups is 1. The van der Waals surface area contributed by atoms with E-state index in [1.807, 2.05) is 0 Å². The minimum atomic E-state index is -0.123. The summed E-state index contributed by atoms with van der Waals surface area (Å²) in [5.41, 5.74) is 1.42. The monoisotopic (exact) mass is 276 g/mol. The number of hydrogen-bond donors (Lipinski definition) is 1. The van der Waals surface area contributed by atoms with Crippen molar-refractivity contribution in [1.29, 1.82) is 0 Å². The van der Waals surface area contributed by atoms with Crippen molar-refractivity contribution in [2.75, 3.05) is 0 Å². The van der Waals surface area contributed by atoms with Crippen molar-refractivity contribution in [1.82, 2.24) is 0 Å². The Morgan fingerprint density at radius 1 is 1.05 bits per heavy atom. The van der Waals surface area contributed by atoms with Gasteiger partial charge in [0.1, 0.15) is 0 Å². The van der Waals surface area contributed by atoms with E-state index in [-0.39, 0.29) is 6.10 Å². The van der Waals surface area contributed by atoms with E-state index in [1.165, 1.54) is 31.2 Å². The molecule has 0 aromatic heterocycles. The normalized spacial score (nSPS) is 15.8. The van der Waals surface area contributed by atoms with Gasteiger partial charge in [0.2, 0.25) is 0 Å². The van der Waals surface area contributed by atoms with E-state index in [2.05, 4.69) is 51.1 Å². The topological polar surface area (TPSA) is 20.2 Å². The van der Waals surface area contributed by atoms with Crippen LogP contribution in [0.25, 0.3) is 0 Å². The second-order valence-electron chi connectivity index (χ2n) is 6.22. The zero-order valence-electron chi connectivity index (χ0n) is 13.5. The number of benzene rings is 1. The van der Waals surface area contributed by atoms with Crippen molar-refractivity contribution in [3.05, 3.63) is 35.9 Å². The van der Waals surface area contributed by atoms with E-state index >= 15 is 0 Å². The van der Waals surface area contributed by atoms with Crippen molar-refractivity contribution in [2.24, 2.45) is 11.8 Å². The van der Waals surface area contributed by atoms with Gasteiger partial charge in [0.15, 0.2) is 0 Å². The van der Waals surface area contributed by atoms with Crippen LogP contribution in [0.1, 0.15) is 64.9 Å². The summed E-state index contributed by atoms with van der Waals surface area (Å²) in [4.78, 5) is 0. The highest BCUT2D eigenvalue weighted by atomic mass is 16.3. The first-order valence-corrected chi connectivity index (χ1v) is 8.39. The highest BCUT2D eigenvalue weighted by Gasteiger charge is 2.18. The maximum absolute atomic E-state index is 10.3. The van der Waals surface area contributed by atoms with Gasteiger partial charge in [0.05, 0.1) is 6.10 Å². The highest BCUT2D eigenvalue weighted by molar-refractivity contribution is 5.14. The summed E-state index contributed by atoms with van der Waals surface area (Å²) >= 11 is 0. The first-order chi connectivity index (χ1) is 9.67. The fourth-order valence-corrected chi connectivity index (χ4v) is 2.80. The zero-order chi connectivity index (χ0) is 14.8. The molecule has 0 spiro atoms. The van der Waals surface area contributed by atoms with E-state index < -0.39 is 0 Å². The van der Waals surface area contributed by atoms with Gasteiger partial charge in [-0.25, -0.2) is 0 Å². The Morgan fingerprint density at radius 3 is 2.35 bits per heavy atom. The molecule has 0 amide bonds. The fourth-order valence-electron chi connectivity index (χ4n) is 2.80. The van der Waals surface area contributed by atoms with Gasteiger partial charge >= 0.3 is 0 Å². The van der Waals surface area contributed by atoms with Gasteiger partial charge in [-0.2, -0.15) is 0 Å². The van der Waals surface area contributed by atoms with Crippen LogP contribution < -0.4 is 0 Å². The molecular formula is C19H32O. The molecule has 0 aliphatic carbocycles. The van der Waals surface area contributed by atoms with Crippen LogP contribution in [-0.2, 0) is 6.42 Å². The van der Waals surface area contributed by atoms with Crippen molar-refractivity contribution in [3.8, 4) is 0 Å². The summed E-state index contributed by atoms with van der Waals surface area (Å²) in [7, 11) is 0. The Balaban J connectivity index is 2.34. The summed E-state index contributed by atoms with van der Waals surface area (Å²) in [5, 5.41) is 10.3. The van der Waals surface area contributed by atoms with Gasteiger partial charge < -0.3 is 5.11 Å². The molecule has 1 rings (SSSR count). The zero-order valence-corrected chi connectivity index (χ0v) is 13.5. The van der Waals surface area contributed by atoms with Crippen LogP contribution in [0.2, 0.25) is 0 Å². The average Bonchev–Trinajstić information content (AvgIpc) is 2.49. The number of aryl methyl sites for hydroxylation is 1. The van der Waals surface area contributed by atoms with Crippen LogP contribution in [-0.4, -0.2) is 11.2 Å². The Bertz CT molecular complexity index is 333. The number of unbranched alkanes of at least 4 members (excludes halogenated alkanes) is 1. The van der Waals surface area contributed by atoms with Crippen molar-refractivity contribution < 1.29 is 5.11 Å². The molecule has 0 heterocycles. The average molecular weight is 276 g/mol. The molecule has 0 saturated carbocycles. The smallest absolute Gasteiger partial charge is 0.0568 e. The predicted octanol–water partition coefficient (Wildman–Crippen LogP) is 5.22. The molecule has 3 unspecified atom stereocenters. The van der Waals surface area contributed by atoms with Crippen LogP contribution in [0, 0.1) is 11.8 Å². The Labute approximate surface area is 125 Å². The quantitative estimate of drug-likeness (QED) is 0.621. The largest absolute Gasteiger partial charge is 0.393 e. The van der Waals surface area contributed by atoms with Gasteiger partial charge in [-0.1, -0.05) is 70.4 Å². The van der Waals surface area contributed by atoms with E-state index in [4.69, 9.17) is 0 Å². The number of rotatable bonds is 10.